The standard InChI is InChI=1S/C15H30N2O4/c1-3-4-6-19-8-10-21-11-9-20-7-5-17(14-16)12-15(2)13-18/h12,14,16,18H,3-11,13H2,1-2H3/b15-12+,16-14?. The average Bonchev–Trinajstić information content (AvgIpc) is 2.51. The summed E-state index contributed by atoms with van der Waals surface area (Å²) in [6.07, 6.45) is 5.19. The monoisotopic (exact) mass is 302 g/mol. The first kappa shape index (κ1) is 20.1. The highest BCUT2D eigenvalue weighted by Crippen LogP contribution is 1.94. The van der Waals surface area contributed by atoms with Crippen molar-refractivity contribution in [2.45, 2.75) is 26.7 Å². The van der Waals surface area contributed by atoms with Crippen LogP contribution in [-0.2, 0) is 14.2 Å². The number of rotatable bonds is 15. The molecule has 0 aromatic carbocycles. The molecule has 0 heterocycles. The SMILES string of the molecule is CCCCOCCOCCOCCN(C=N)/C=C(\C)CO. The third-order valence-corrected chi connectivity index (χ3v) is 2.68. The van der Waals surface area contributed by atoms with Crippen molar-refractivity contribution in [3.8, 4) is 0 Å². The lowest BCUT2D eigenvalue weighted by Crippen LogP contribution is -2.22. The Kier molecular flexibility index (Phi) is 14.7. The lowest BCUT2D eigenvalue weighted by molar-refractivity contribution is 0.0133. The Morgan fingerprint density at radius 1 is 1.05 bits per heavy atom. The van der Waals surface area contributed by atoms with E-state index < -0.39 is 0 Å². The van der Waals surface area contributed by atoms with Gasteiger partial charge in [-0.1, -0.05) is 13.3 Å². The van der Waals surface area contributed by atoms with Crippen LogP contribution in [0.2, 0.25) is 0 Å². The van der Waals surface area contributed by atoms with Gasteiger partial charge in [-0.3, -0.25) is 5.41 Å². The van der Waals surface area contributed by atoms with Crippen LogP contribution < -0.4 is 0 Å². The van der Waals surface area contributed by atoms with E-state index in [1.54, 1.807) is 11.1 Å². The fourth-order valence-electron chi connectivity index (χ4n) is 1.45. The molecule has 0 atom stereocenters. The zero-order chi connectivity index (χ0) is 15.8. The molecule has 0 radical (unpaired) electrons. The van der Waals surface area contributed by atoms with Crippen molar-refractivity contribution in [3.63, 3.8) is 0 Å². The van der Waals surface area contributed by atoms with Crippen LogP contribution in [0.3, 0.4) is 0 Å². The number of hydrogen-bond acceptors (Lipinski definition) is 5. The van der Waals surface area contributed by atoms with Gasteiger partial charge in [0, 0.05) is 19.4 Å². The highest BCUT2D eigenvalue weighted by atomic mass is 16.5. The van der Waals surface area contributed by atoms with Crippen molar-refractivity contribution >= 4 is 6.34 Å². The Bertz CT molecular complexity index is 272. The molecule has 0 aliphatic heterocycles. The summed E-state index contributed by atoms with van der Waals surface area (Å²) in [5.41, 5.74) is 0.810. The maximum absolute atomic E-state index is 8.91. The van der Waals surface area contributed by atoms with Crippen molar-refractivity contribution in [2.24, 2.45) is 0 Å². The topological polar surface area (TPSA) is 75.0 Å². The molecule has 0 aromatic heterocycles. The maximum atomic E-state index is 8.91. The van der Waals surface area contributed by atoms with Crippen LogP contribution in [0.25, 0.3) is 0 Å². The molecule has 21 heavy (non-hydrogen) atoms. The molecular formula is C15H30N2O4. The highest BCUT2D eigenvalue weighted by molar-refractivity contribution is 5.52. The first-order chi connectivity index (χ1) is 10.2. The van der Waals surface area contributed by atoms with E-state index in [4.69, 9.17) is 24.7 Å². The number of aliphatic hydroxyl groups excluding tert-OH is 1. The second kappa shape index (κ2) is 15.4. The van der Waals surface area contributed by atoms with E-state index in [2.05, 4.69) is 6.92 Å². The number of ether oxygens (including phenoxy) is 3. The van der Waals surface area contributed by atoms with Crippen molar-refractivity contribution in [1.82, 2.24) is 4.90 Å². The van der Waals surface area contributed by atoms with Gasteiger partial charge in [0.05, 0.1) is 46.0 Å². The normalized spacial score (nSPS) is 11.7. The number of nitrogens with zero attached hydrogens (tertiary/aromatic N) is 1. The summed E-state index contributed by atoms with van der Waals surface area (Å²) < 4.78 is 16.2. The van der Waals surface area contributed by atoms with Gasteiger partial charge in [-0.2, -0.15) is 0 Å². The summed E-state index contributed by atoms with van der Waals surface area (Å²) in [4.78, 5) is 1.67. The number of unbranched alkanes of at least 4 members (excludes halogenated alkanes) is 1. The largest absolute Gasteiger partial charge is 0.392 e. The van der Waals surface area contributed by atoms with Crippen LogP contribution in [0.5, 0.6) is 0 Å². The molecule has 0 saturated heterocycles. The smallest absolute Gasteiger partial charge is 0.0857 e. The van der Waals surface area contributed by atoms with Crippen LogP contribution in [0, 0.1) is 5.41 Å². The third-order valence-electron chi connectivity index (χ3n) is 2.68. The van der Waals surface area contributed by atoms with Gasteiger partial charge in [0.1, 0.15) is 0 Å². The Hall–Kier alpha value is -0.950. The van der Waals surface area contributed by atoms with Crippen LogP contribution >= 0.6 is 0 Å². The van der Waals surface area contributed by atoms with Crippen molar-refractivity contribution in [1.29, 1.82) is 5.41 Å². The van der Waals surface area contributed by atoms with Gasteiger partial charge in [0.15, 0.2) is 0 Å². The van der Waals surface area contributed by atoms with E-state index >= 15 is 0 Å². The van der Waals surface area contributed by atoms with Crippen molar-refractivity contribution in [2.75, 3.05) is 52.8 Å². The van der Waals surface area contributed by atoms with Gasteiger partial charge >= 0.3 is 0 Å². The van der Waals surface area contributed by atoms with Gasteiger partial charge in [-0.25, -0.2) is 0 Å². The molecule has 0 rings (SSSR count). The van der Waals surface area contributed by atoms with Gasteiger partial charge in [0.25, 0.3) is 0 Å². The molecule has 0 spiro atoms. The van der Waals surface area contributed by atoms with Crippen molar-refractivity contribution < 1.29 is 19.3 Å². The molecule has 0 saturated carbocycles. The lowest BCUT2D eigenvalue weighted by atomic mass is 10.3. The molecule has 0 aromatic rings. The summed E-state index contributed by atoms with van der Waals surface area (Å²) in [5.74, 6) is 0. The van der Waals surface area contributed by atoms with Crippen LogP contribution in [-0.4, -0.2) is 69.1 Å². The third kappa shape index (κ3) is 13.8. The van der Waals surface area contributed by atoms with E-state index in [0.29, 0.717) is 39.6 Å². The summed E-state index contributed by atoms with van der Waals surface area (Å²) in [6.45, 7) is 8.16. The van der Waals surface area contributed by atoms with E-state index in [9.17, 15) is 0 Å². The van der Waals surface area contributed by atoms with E-state index in [-0.39, 0.29) is 6.61 Å². The Balaban J connectivity index is 3.37. The number of nitrogens with one attached hydrogen (secondary N) is 1. The Morgan fingerprint density at radius 3 is 2.14 bits per heavy atom. The van der Waals surface area contributed by atoms with Gasteiger partial charge < -0.3 is 24.2 Å². The second-order valence-electron chi connectivity index (χ2n) is 4.69. The van der Waals surface area contributed by atoms with Crippen LogP contribution in [0.15, 0.2) is 11.8 Å². The van der Waals surface area contributed by atoms with Crippen LogP contribution in [0.4, 0.5) is 0 Å². The number of hydrogen-bond donors (Lipinski definition) is 2. The first-order valence-electron chi connectivity index (χ1n) is 7.52. The summed E-state index contributed by atoms with van der Waals surface area (Å²) in [5, 5.41) is 16.2. The predicted octanol–water partition coefficient (Wildman–Crippen LogP) is 1.64. The summed E-state index contributed by atoms with van der Waals surface area (Å²) >= 11 is 0. The molecule has 0 aliphatic carbocycles. The fourth-order valence-corrected chi connectivity index (χ4v) is 1.45. The first-order valence-corrected chi connectivity index (χ1v) is 7.52. The minimum absolute atomic E-state index is 0.000631. The van der Waals surface area contributed by atoms with Gasteiger partial charge in [-0.05, 0) is 18.9 Å². The molecular weight excluding hydrogens is 272 g/mol. The van der Waals surface area contributed by atoms with Gasteiger partial charge in [-0.15, -0.1) is 0 Å². The van der Waals surface area contributed by atoms with Crippen molar-refractivity contribution in [3.05, 3.63) is 11.8 Å². The predicted molar refractivity (Wildman–Crippen MR) is 83.7 cm³/mol. The molecule has 0 unspecified atom stereocenters. The van der Waals surface area contributed by atoms with Crippen LogP contribution in [0.1, 0.15) is 26.7 Å². The fraction of sp³-hybridized carbons (Fsp3) is 0.800. The molecule has 2 N–H and O–H groups in total. The zero-order valence-corrected chi connectivity index (χ0v) is 13.3. The molecule has 0 bridgehead atoms. The Morgan fingerprint density at radius 2 is 1.62 bits per heavy atom. The van der Waals surface area contributed by atoms with E-state index in [0.717, 1.165) is 25.0 Å². The molecule has 6 heteroatoms. The molecule has 6 nitrogen and oxygen atoms in total. The van der Waals surface area contributed by atoms with E-state index in [1.165, 1.54) is 6.34 Å². The lowest BCUT2D eigenvalue weighted by Gasteiger charge is -2.15. The van der Waals surface area contributed by atoms with Gasteiger partial charge in [0.2, 0.25) is 0 Å². The molecule has 0 amide bonds. The minimum Gasteiger partial charge on any atom is -0.392 e. The zero-order valence-electron chi connectivity index (χ0n) is 13.3. The number of aliphatic hydroxyl groups is 1. The average molecular weight is 302 g/mol. The minimum atomic E-state index is -0.000631. The highest BCUT2D eigenvalue weighted by Gasteiger charge is 1.97. The Labute approximate surface area is 128 Å². The summed E-state index contributed by atoms with van der Waals surface area (Å²) in [6, 6.07) is 0. The quantitative estimate of drug-likeness (QED) is 0.273. The molecule has 0 aliphatic rings. The second-order valence-corrected chi connectivity index (χ2v) is 4.69. The van der Waals surface area contributed by atoms with E-state index in [1.807, 2.05) is 6.92 Å². The maximum Gasteiger partial charge on any atom is 0.0857 e. The molecule has 0 fully saturated rings. The molecule has 124 valence electrons. The summed E-state index contributed by atoms with van der Waals surface area (Å²) in [7, 11) is 0.